The van der Waals surface area contributed by atoms with Crippen molar-refractivity contribution in [1.82, 2.24) is 20.6 Å². The molecule has 2 atom stereocenters. The van der Waals surface area contributed by atoms with Crippen LogP contribution in [0.4, 0.5) is 13.2 Å². The zero-order chi connectivity index (χ0) is 21.6. The number of alkyl halides is 3. The summed E-state index contributed by atoms with van der Waals surface area (Å²) in [7, 11) is 2.70. The number of piperidine rings is 1. The van der Waals surface area contributed by atoms with Crippen molar-refractivity contribution in [2.75, 3.05) is 27.4 Å². The van der Waals surface area contributed by atoms with Crippen LogP contribution >= 0.6 is 24.8 Å². The van der Waals surface area contributed by atoms with Crippen LogP contribution in [-0.2, 0) is 6.54 Å². The third-order valence-electron chi connectivity index (χ3n) is 4.82. The molecule has 3 rings (SSSR count). The van der Waals surface area contributed by atoms with Gasteiger partial charge in [-0.15, -0.1) is 24.8 Å². The zero-order valence-corrected chi connectivity index (χ0v) is 19.3. The third kappa shape index (κ3) is 7.54. The summed E-state index contributed by atoms with van der Waals surface area (Å²) in [6, 6.07) is 10.0. The van der Waals surface area contributed by atoms with Gasteiger partial charge in [0.25, 0.3) is 0 Å². The van der Waals surface area contributed by atoms with Gasteiger partial charge in [0.2, 0.25) is 11.8 Å². The minimum absolute atomic E-state index is 0. The Bertz CT molecular complexity index is 832. The molecule has 2 heterocycles. The van der Waals surface area contributed by atoms with Gasteiger partial charge in [0.05, 0.1) is 19.8 Å². The van der Waals surface area contributed by atoms with Gasteiger partial charge in [0.15, 0.2) is 6.61 Å². The number of benzene rings is 1. The molecule has 0 amide bonds. The van der Waals surface area contributed by atoms with Crippen molar-refractivity contribution in [3.63, 3.8) is 0 Å². The molecule has 1 aromatic carbocycles. The standard InChI is InChI=1S/C20H25F3N4O3.2ClH/c1-28-17-14(18(27-19(26-17)29-2)30-12-20(21,22)23)11-25-15-9-6-10-24-16(15)13-7-4-3-5-8-13;;/h3-5,7-8,15-16,24-25H,6,9-12H2,1-2H3;2*1H/t15-,16-;;/m0../s1. The van der Waals surface area contributed by atoms with Crippen LogP contribution in [0.15, 0.2) is 30.3 Å². The molecule has 2 aromatic rings. The number of rotatable bonds is 8. The molecule has 1 fully saturated rings. The van der Waals surface area contributed by atoms with Gasteiger partial charge in [0, 0.05) is 18.6 Å². The lowest BCUT2D eigenvalue weighted by Gasteiger charge is -2.34. The van der Waals surface area contributed by atoms with Gasteiger partial charge < -0.3 is 24.8 Å². The first-order valence-electron chi connectivity index (χ1n) is 9.61. The Morgan fingerprint density at radius 3 is 2.38 bits per heavy atom. The van der Waals surface area contributed by atoms with Crippen molar-refractivity contribution in [3.8, 4) is 17.8 Å². The number of halogens is 5. The number of hydrogen-bond donors (Lipinski definition) is 2. The normalized spacial score (nSPS) is 18.2. The molecule has 0 unspecified atom stereocenters. The molecule has 1 aliphatic rings. The van der Waals surface area contributed by atoms with E-state index in [1.165, 1.54) is 14.2 Å². The second kappa shape index (κ2) is 12.9. The van der Waals surface area contributed by atoms with E-state index in [2.05, 4.69) is 20.6 Å². The second-order valence-electron chi connectivity index (χ2n) is 6.88. The van der Waals surface area contributed by atoms with E-state index in [9.17, 15) is 13.2 Å². The summed E-state index contributed by atoms with van der Waals surface area (Å²) in [5.41, 5.74) is 1.45. The van der Waals surface area contributed by atoms with E-state index < -0.39 is 12.8 Å². The molecule has 0 bridgehead atoms. The van der Waals surface area contributed by atoms with Crippen LogP contribution in [-0.4, -0.2) is 49.6 Å². The third-order valence-corrected chi connectivity index (χ3v) is 4.82. The summed E-state index contributed by atoms with van der Waals surface area (Å²) in [5.74, 6) is -0.116. The Labute approximate surface area is 197 Å². The summed E-state index contributed by atoms with van der Waals surface area (Å²) >= 11 is 0. The van der Waals surface area contributed by atoms with Gasteiger partial charge in [-0.1, -0.05) is 30.3 Å². The van der Waals surface area contributed by atoms with E-state index in [-0.39, 0.29) is 61.2 Å². The maximum absolute atomic E-state index is 12.7. The van der Waals surface area contributed by atoms with Crippen LogP contribution < -0.4 is 24.8 Å². The quantitative estimate of drug-likeness (QED) is 0.571. The van der Waals surface area contributed by atoms with Crippen molar-refractivity contribution >= 4 is 24.8 Å². The highest BCUT2D eigenvalue weighted by molar-refractivity contribution is 5.85. The van der Waals surface area contributed by atoms with Gasteiger partial charge in [0.1, 0.15) is 0 Å². The molecule has 180 valence electrons. The van der Waals surface area contributed by atoms with Crippen LogP contribution in [0.25, 0.3) is 0 Å². The Balaban J connectivity index is 0.00000256. The second-order valence-corrected chi connectivity index (χ2v) is 6.88. The molecule has 0 saturated carbocycles. The van der Waals surface area contributed by atoms with Crippen molar-refractivity contribution in [1.29, 1.82) is 0 Å². The summed E-state index contributed by atoms with van der Waals surface area (Å²) in [6.45, 7) is -0.399. The molecule has 0 radical (unpaired) electrons. The van der Waals surface area contributed by atoms with E-state index in [0.717, 1.165) is 24.9 Å². The molecule has 2 N–H and O–H groups in total. The Morgan fingerprint density at radius 2 is 1.75 bits per heavy atom. The molecule has 12 heteroatoms. The minimum Gasteiger partial charge on any atom is -0.481 e. The van der Waals surface area contributed by atoms with Crippen LogP contribution in [0.1, 0.15) is 30.0 Å². The van der Waals surface area contributed by atoms with Crippen LogP contribution in [0, 0.1) is 0 Å². The van der Waals surface area contributed by atoms with E-state index in [1.54, 1.807) is 0 Å². The van der Waals surface area contributed by atoms with E-state index in [0.29, 0.717) is 5.56 Å². The zero-order valence-electron chi connectivity index (χ0n) is 17.6. The fraction of sp³-hybridized carbons (Fsp3) is 0.500. The molecular formula is C20H27Cl2F3N4O3. The molecule has 1 aliphatic heterocycles. The fourth-order valence-corrected chi connectivity index (χ4v) is 3.46. The van der Waals surface area contributed by atoms with E-state index >= 15 is 0 Å². The molecule has 32 heavy (non-hydrogen) atoms. The molecular weight excluding hydrogens is 472 g/mol. The fourth-order valence-electron chi connectivity index (χ4n) is 3.46. The first kappa shape index (κ1) is 28.0. The predicted molar refractivity (Wildman–Crippen MR) is 118 cm³/mol. The highest BCUT2D eigenvalue weighted by atomic mass is 35.5. The van der Waals surface area contributed by atoms with Gasteiger partial charge >= 0.3 is 12.2 Å². The van der Waals surface area contributed by atoms with Crippen LogP contribution in [0.2, 0.25) is 0 Å². The summed E-state index contributed by atoms with van der Waals surface area (Å²) < 4.78 is 53.3. The lowest BCUT2D eigenvalue weighted by molar-refractivity contribution is -0.154. The summed E-state index contributed by atoms with van der Waals surface area (Å²) in [6.07, 6.45) is -2.61. The number of methoxy groups -OCH3 is 2. The first-order chi connectivity index (χ1) is 14.4. The van der Waals surface area contributed by atoms with Crippen LogP contribution in [0.5, 0.6) is 17.8 Å². The number of nitrogens with zero attached hydrogens (tertiary/aromatic N) is 2. The van der Waals surface area contributed by atoms with Crippen molar-refractivity contribution in [2.24, 2.45) is 0 Å². The molecule has 0 aliphatic carbocycles. The maximum Gasteiger partial charge on any atom is 0.422 e. The minimum atomic E-state index is -4.50. The predicted octanol–water partition coefficient (Wildman–Crippen LogP) is 3.86. The smallest absolute Gasteiger partial charge is 0.422 e. The topological polar surface area (TPSA) is 77.5 Å². The monoisotopic (exact) mass is 498 g/mol. The molecule has 1 aromatic heterocycles. The Morgan fingerprint density at radius 1 is 1.06 bits per heavy atom. The van der Waals surface area contributed by atoms with E-state index in [4.69, 9.17) is 14.2 Å². The van der Waals surface area contributed by atoms with Crippen LogP contribution in [0.3, 0.4) is 0 Å². The summed E-state index contributed by atoms with van der Waals surface area (Å²) in [4.78, 5) is 8.04. The Kier molecular flexibility index (Phi) is 11.3. The molecule has 0 spiro atoms. The first-order valence-corrected chi connectivity index (χ1v) is 9.61. The van der Waals surface area contributed by atoms with Crippen molar-refractivity contribution in [2.45, 2.75) is 37.6 Å². The SMILES string of the molecule is COc1nc(OC)c(CN[C@H]2CCCN[C@H]2c2ccccc2)c(OCC(F)(F)F)n1.Cl.Cl. The largest absolute Gasteiger partial charge is 0.481 e. The average Bonchev–Trinajstić information content (AvgIpc) is 2.76. The lowest BCUT2D eigenvalue weighted by Crippen LogP contribution is -2.45. The number of nitrogens with one attached hydrogen (secondary N) is 2. The van der Waals surface area contributed by atoms with E-state index in [1.807, 2.05) is 30.3 Å². The summed E-state index contributed by atoms with van der Waals surface area (Å²) in [5, 5.41) is 6.91. The van der Waals surface area contributed by atoms with Gasteiger partial charge in [-0.2, -0.15) is 23.1 Å². The number of ether oxygens (including phenoxy) is 3. The molecule has 1 saturated heterocycles. The molecule has 7 nitrogen and oxygen atoms in total. The van der Waals surface area contributed by atoms with Gasteiger partial charge in [-0.05, 0) is 24.9 Å². The van der Waals surface area contributed by atoms with Crippen molar-refractivity contribution < 1.29 is 27.4 Å². The lowest BCUT2D eigenvalue weighted by atomic mass is 9.92. The Hall–Kier alpha value is -2.01. The number of hydrogen-bond acceptors (Lipinski definition) is 7. The average molecular weight is 499 g/mol. The number of aromatic nitrogens is 2. The maximum atomic E-state index is 12.7. The van der Waals surface area contributed by atoms with Gasteiger partial charge in [-0.3, -0.25) is 0 Å². The highest BCUT2D eigenvalue weighted by Crippen LogP contribution is 2.30. The van der Waals surface area contributed by atoms with Crippen molar-refractivity contribution in [3.05, 3.63) is 41.5 Å². The van der Waals surface area contributed by atoms with Gasteiger partial charge in [-0.25, -0.2) is 0 Å². The highest BCUT2D eigenvalue weighted by Gasteiger charge is 2.31.